The fourth-order valence-corrected chi connectivity index (χ4v) is 1.73. The quantitative estimate of drug-likeness (QED) is 0.833. The van der Waals surface area contributed by atoms with E-state index in [4.69, 9.17) is 21.8 Å². The van der Waals surface area contributed by atoms with Gasteiger partial charge in [-0.15, -0.1) is 0 Å². The van der Waals surface area contributed by atoms with E-state index in [9.17, 15) is 4.79 Å². The van der Waals surface area contributed by atoms with Crippen LogP contribution in [0.3, 0.4) is 0 Å². The topological polar surface area (TPSA) is 68.3 Å². The van der Waals surface area contributed by atoms with E-state index in [0.29, 0.717) is 21.1 Å². The zero-order chi connectivity index (χ0) is 12.4. The minimum absolute atomic E-state index is 0.190. The molecule has 1 aromatic carbocycles. The fraction of sp³-hybridized carbons (Fsp3) is 0. The molecule has 2 aromatic rings. The molecule has 4 nitrogen and oxygen atoms in total. The summed E-state index contributed by atoms with van der Waals surface area (Å²) in [6.07, 6.45) is 0. The van der Waals surface area contributed by atoms with Gasteiger partial charge in [-0.3, -0.25) is 4.79 Å². The average molecular weight is 316 g/mol. The Bertz CT molecular complexity index is 568. The van der Waals surface area contributed by atoms with Gasteiger partial charge in [0.2, 0.25) is 0 Å². The van der Waals surface area contributed by atoms with E-state index in [0.717, 1.165) is 0 Å². The Kier molecular flexibility index (Phi) is 3.40. The molecule has 0 aliphatic heterocycles. The second kappa shape index (κ2) is 4.81. The summed E-state index contributed by atoms with van der Waals surface area (Å²) in [6.45, 7) is 0. The van der Waals surface area contributed by atoms with Crippen LogP contribution in [0.1, 0.15) is 10.6 Å². The molecular formula is C11H8BrClN2O2. The fourth-order valence-electron chi connectivity index (χ4n) is 1.26. The zero-order valence-corrected chi connectivity index (χ0v) is 10.9. The van der Waals surface area contributed by atoms with Gasteiger partial charge in [-0.25, -0.2) is 0 Å². The van der Waals surface area contributed by atoms with Gasteiger partial charge in [-0.2, -0.15) is 0 Å². The number of rotatable bonds is 2. The monoisotopic (exact) mass is 314 g/mol. The van der Waals surface area contributed by atoms with Crippen LogP contribution < -0.4 is 11.1 Å². The lowest BCUT2D eigenvalue weighted by atomic mass is 10.2. The first-order valence-electron chi connectivity index (χ1n) is 4.68. The van der Waals surface area contributed by atoms with Gasteiger partial charge in [0.15, 0.2) is 10.4 Å². The summed E-state index contributed by atoms with van der Waals surface area (Å²) in [5.74, 6) is -0.196. The highest BCUT2D eigenvalue weighted by Gasteiger charge is 2.12. The minimum Gasteiger partial charge on any atom is -0.444 e. The first-order valence-corrected chi connectivity index (χ1v) is 5.85. The molecule has 88 valence electrons. The van der Waals surface area contributed by atoms with Crippen LogP contribution in [0.5, 0.6) is 0 Å². The number of carbonyl (C=O) groups is 1. The van der Waals surface area contributed by atoms with E-state index in [-0.39, 0.29) is 11.7 Å². The largest absolute Gasteiger partial charge is 0.444 e. The zero-order valence-electron chi connectivity index (χ0n) is 8.54. The van der Waals surface area contributed by atoms with Crippen LogP contribution in [0.2, 0.25) is 5.02 Å². The number of hydrogen-bond acceptors (Lipinski definition) is 3. The normalized spacial score (nSPS) is 10.2. The summed E-state index contributed by atoms with van der Waals surface area (Å²) in [5, 5.41) is 3.03. The van der Waals surface area contributed by atoms with Crippen LogP contribution in [0, 0.1) is 0 Å². The standard InChI is InChI=1S/C11H8BrClN2O2/c12-10-4-3-9(17-10)11(16)15-8-5-6(14)1-2-7(8)13/h1-5H,14H2,(H,15,16). The number of amides is 1. The summed E-state index contributed by atoms with van der Waals surface area (Å²) >= 11 is 9.04. The van der Waals surface area contributed by atoms with Gasteiger partial charge in [0.25, 0.3) is 5.91 Å². The molecule has 1 amide bonds. The van der Waals surface area contributed by atoms with Gasteiger partial charge in [0.05, 0.1) is 10.7 Å². The SMILES string of the molecule is Nc1ccc(Cl)c(NC(=O)c2ccc(Br)o2)c1. The Balaban J connectivity index is 2.21. The van der Waals surface area contributed by atoms with Crippen molar-refractivity contribution in [3.63, 3.8) is 0 Å². The third-order valence-corrected chi connectivity index (χ3v) is 2.79. The van der Waals surface area contributed by atoms with E-state index in [2.05, 4.69) is 21.2 Å². The van der Waals surface area contributed by atoms with Crippen LogP contribution in [-0.2, 0) is 0 Å². The van der Waals surface area contributed by atoms with Gasteiger partial charge < -0.3 is 15.5 Å². The first-order chi connectivity index (χ1) is 8.06. The molecule has 0 saturated carbocycles. The number of benzene rings is 1. The molecule has 1 heterocycles. The lowest BCUT2D eigenvalue weighted by Crippen LogP contribution is -2.11. The van der Waals surface area contributed by atoms with Crippen LogP contribution in [0.15, 0.2) is 39.4 Å². The summed E-state index contributed by atoms with van der Waals surface area (Å²) < 4.78 is 5.61. The lowest BCUT2D eigenvalue weighted by Gasteiger charge is -2.06. The number of anilines is 2. The maximum atomic E-state index is 11.8. The minimum atomic E-state index is -0.386. The second-order valence-corrected chi connectivity index (χ2v) is 4.49. The Hall–Kier alpha value is -1.46. The predicted molar refractivity (Wildman–Crippen MR) is 70.2 cm³/mol. The molecule has 0 saturated heterocycles. The molecule has 0 atom stereocenters. The van der Waals surface area contributed by atoms with Gasteiger partial charge in [-0.1, -0.05) is 11.6 Å². The van der Waals surface area contributed by atoms with Gasteiger partial charge in [-0.05, 0) is 46.3 Å². The molecule has 0 unspecified atom stereocenters. The Morgan fingerprint density at radius 2 is 2.12 bits per heavy atom. The number of halogens is 2. The van der Waals surface area contributed by atoms with E-state index in [1.807, 2.05) is 0 Å². The van der Waals surface area contributed by atoms with Crippen molar-refractivity contribution in [1.82, 2.24) is 0 Å². The van der Waals surface area contributed by atoms with Crippen molar-refractivity contribution in [3.8, 4) is 0 Å². The van der Waals surface area contributed by atoms with Crippen LogP contribution in [0.25, 0.3) is 0 Å². The molecule has 0 aliphatic rings. The average Bonchev–Trinajstić information content (AvgIpc) is 2.70. The number of carbonyl (C=O) groups excluding carboxylic acids is 1. The molecule has 0 bridgehead atoms. The molecule has 2 rings (SSSR count). The van der Waals surface area contributed by atoms with Crippen molar-refractivity contribution in [2.75, 3.05) is 11.1 Å². The molecule has 17 heavy (non-hydrogen) atoms. The van der Waals surface area contributed by atoms with E-state index < -0.39 is 0 Å². The van der Waals surface area contributed by atoms with Crippen molar-refractivity contribution in [2.24, 2.45) is 0 Å². The molecule has 0 aliphatic carbocycles. The highest BCUT2D eigenvalue weighted by molar-refractivity contribution is 9.10. The smallest absolute Gasteiger partial charge is 0.291 e. The van der Waals surface area contributed by atoms with Crippen molar-refractivity contribution >= 4 is 44.8 Å². The molecule has 0 spiro atoms. The molecular weight excluding hydrogens is 307 g/mol. The first kappa shape index (κ1) is 12.0. The van der Waals surface area contributed by atoms with Crippen molar-refractivity contribution in [1.29, 1.82) is 0 Å². The number of nitrogens with two attached hydrogens (primary N) is 1. The van der Waals surface area contributed by atoms with Crippen LogP contribution >= 0.6 is 27.5 Å². The summed E-state index contributed by atoms with van der Waals surface area (Å²) in [7, 11) is 0. The second-order valence-electron chi connectivity index (χ2n) is 3.30. The number of nitrogen functional groups attached to an aromatic ring is 1. The number of hydrogen-bond donors (Lipinski definition) is 2. The van der Waals surface area contributed by atoms with Crippen LogP contribution in [0.4, 0.5) is 11.4 Å². The summed E-state index contributed by atoms with van der Waals surface area (Å²) in [4.78, 5) is 11.8. The highest BCUT2D eigenvalue weighted by atomic mass is 79.9. The predicted octanol–water partition coefficient (Wildman–Crippen LogP) is 3.53. The van der Waals surface area contributed by atoms with E-state index >= 15 is 0 Å². The van der Waals surface area contributed by atoms with Gasteiger partial charge in [0, 0.05) is 5.69 Å². The maximum Gasteiger partial charge on any atom is 0.291 e. The molecule has 6 heteroatoms. The van der Waals surface area contributed by atoms with Crippen molar-refractivity contribution in [2.45, 2.75) is 0 Å². The van der Waals surface area contributed by atoms with E-state index in [1.54, 1.807) is 30.3 Å². The van der Waals surface area contributed by atoms with Crippen molar-refractivity contribution in [3.05, 3.63) is 45.8 Å². The summed E-state index contributed by atoms with van der Waals surface area (Å²) in [5.41, 5.74) is 6.57. The molecule has 0 radical (unpaired) electrons. The number of nitrogens with one attached hydrogen (secondary N) is 1. The molecule has 1 aromatic heterocycles. The summed E-state index contributed by atoms with van der Waals surface area (Å²) in [6, 6.07) is 8.04. The Morgan fingerprint density at radius 1 is 1.35 bits per heavy atom. The molecule has 3 N–H and O–H groups in total. The van der Waals surface area contributed by atoms with Gasteiger partial charge >= 0.3 is 0 Å². The van der Waals surface area contributed by atoms with Crippen LogP contribution in [-0.4, -0.2) is 5.91 Å². The van der Waals surface area contributed by atoms with E-state index in [1.165, 1.54) is 0 Å². The third kappa shape index (κ3) is 2.81. The van der Waals surface area contributed by atoms with Crippen molar-refractivity contribution < 1.29 is 9.21 Å². The van der Waals surface area contributed by atoms with Gasteiger partial charge in [0.1, 0.15) is 0 Å². The maximum absolute atomic E-state index is 11.8. The Labute approximate surface area is 111 Å². The third-order valence-electron chi connectivity index (χ3n) is 2.04. The number of furan rings is 1. The Morgan fingerprint density at radius 3 is 2.76 bits per heavy atom. The molecule has 0 fully saturated rings. The highest BCUT2D eigenvalue weighted by Crippen LogP contribution is 2.25. The lowest BCUT2D eigenvalue weighted by molar-refractivity contribution is 0.0995.